The number of nitrogens with one attached hydrogen (secondary N) is 1. The van der Waals surface area contributed by atoms with Crippen molar-refractivity contribution in [2.75, 3.05) is 11.1 Å². The summed E-state index contributed by atoms with van der Waals surface area (Å²) >= 11 is 0. The molecule has 0 saturated heterocycles. The van der Waals surface area contributed by atoms with E-state index in [0.29, 0.717) is 16.8 Å². The number of anilines is 2. The number of carbonyl (C=O) groups is 1. The molecule has 2 aromatic carbocycles. The Kier molecular flexibility index (Phi) is 3.46. The van der Waals surface area contributed by atoms with Gasteiger partial charge in [0.05, 0.1) is 5.69 Å². The van der Waals surface area contributed by atoms with E-state index in [0.717, 1.165) is 18.2 Å². The molecule has 0 atom stereocenters. The fourth-order valence-electron chi connectivity index (χ4n) is 1.67. The zero-order valence-corrected chi connectivity index (χ0v) is 10.2. The van der Waals surface area contributed by atoms with Crippen molar-refractivity contribution < 1.29 is 13.6 Å². The molecule has 0 unspecified atom stereocenters. The molecule has 3 nitrogen and oxygen atoms in total. The first-order chi connectivity index (χ1) is 8.97. The number of hydrogen-bond acceptors (Lipinski definition) is 2. The highest BCUT2D eigenvalue weighted by molar-refractivity contribution is 6.05. The molecule has 1 amide bonds. The zero-order valence-electron chi connectivity index (χ0n) is 10.2. The number of rotatable bonds is 2. The molecule has 5 heteroatoms. The second-order valence-corrected chi connectivity index (χ2v) is 4.15. The van der Waals surface area contributed by atoms with Crippen LogP contribution in [0.3, 0.4) is 0 Å². The van der Waals surface area contributed by atoms with Crippen LogP contribution in [0.2, 0.25) is 0 Å². The molecule has 0 aliphatic rings. The van der Waals surface area contributed by atoms with Gasteiger partial charge >= 0.3 is 0 Å². The number of halogens is 2. The summed E-state index contributed by atoms with van der Waals surface area (Å²) < 4.78 is 26.4. The fraction of sp³-hybridized carbons (Fsp3) is 0.0714. The van der Waals surface area contributed by atoms with Gasteiger partial charge in [0.15, 0.2) is 0 Å². The van der Waals surface area contributed by atoms with Crippen LogP contribution in [0.25, 0.3) is 0 Å². The number of hydrogen-bond donors (Lipinski definition) is 2. The van der Waals surface area contributed by atoms with Gasteiger partial charge in [0.1, 0.15) is 11.6 Å². The smallest absolute Gasteiger partial charge is 0.256 e. The molecule has 0 bridgehead atoms. The first-order valence-electron chi connectivity index (χ1n) is 5.60. The monoisotopic (exact) mass is 262 g/mol. The first-order valence-corrected chi connectivity index (χ1v) is 5.60. The topological polar surface area (TPSA) is 55.1 Å². The largest absolute Gasteiger partial charge is 0.399 e. The molecule has 0 fully saturated rings. The number of amides is 1. The van der Waals surface area contributed by atoms with Crippen LogP contribution in [0.1, 0.15) is 15.9 Å². The normalized spacial score (nSPS) is 10.3. The average molecular weight is 262 g/mol. The Bertz CT molecular complexity index is 641. The number of benzene rings is 2. The quantitative estimate of drug-likeness (QED) is 0.817. The number of nitrogen functional groups attached to an aromatic ring is 1. The summed E-state index contributed by atoms with van der Waals surface area (Å²) in [4.78, 5) is 12.0. The van der Waals surface area contributed by atoms with Crippen LogP contribution in [0.15, 0.2) is 36.4 Å². The Morgan fingerprint density at radius 3 is 2.63 bits per heavy atom. The van der Waals surface area contributed by atoms with Crippen molar-refractivity contribution in [1.29, 1.82) is 0 Å². The SMILES string of the molecule is Cc1ccc(N)cc1C(=O)Nc1cc(F)ccc1F. The molecule has 0 spiro atoms. The van der Waals surface area contributed by atoms with E-state index in [-0.39, 0.29) is 5.69 Å². The molecule has 0 saturated carbocycles. The highest BCUT2D eigenvalue weighted by atomic mass is 19.1. The molecular formula is C14H12F2N2O. The third kappa shape index (κ3) is 2.88. The van der Waals surface area contributed by atoms with E-state index in [2.05, 4.69) is 5.32 Å². The second kappa shape index (κ2) is 5.06. The Balaban J connectivity index is 2.30. The Hall–Kier alpha value is -2.43. The van der Waals surface area contributed by atoms with Crippen LogP contribution in [0.4, 0.5) is 20.2 Å². The maximum absolute atomic E-state index is 13.4. The van der Waals surface area contributed by atoms with E-state index in [4.69, 9.17) is 5.73 Å². The lowest BCUT2D eigenvalue weighted by Crippen LogP contribution is -2.15. The lowest BCUT2D eigenvalue weighted by Gasteiger charge is -2.09. The maximum atomic E-state index is 13.4. The van der Waals surface area contributed by atoms with Gasteiger partial charge in [0, 0.05) is 17.3 Å². The van der Waals surface area contributed by atoms with E-state index in [1.165, 1.54) is 6.07 Å². The molecule has 98 valence electrons. The van der Waals surface area contributed by atoms with Gasteiger partial charge in [0.25, 0.3) is 5.91 Å². The summed E-state index contributed by atoms with van der Waals surface area (Å²) in [5.41, 5.74) is 6.84. The van der Waals surface area contributed by atoms with Crippen molar-refractivity contribution in [1.82, 2.24) is 0 Å². The van der Waals surface area contributed by atoms with Crippen molar-refractivity contribution in [3.63, 3.8) is 0 Å². The summed E-state index contributed by atoms with van der Waals surface area (Å²) in [5, 5.41) is 2.33. The van der Waals surface area contributed by atoms with Gasteiger partial charge in [-0.15, -0.1) is 0 Å². The fourth-order valence-corrected chi connectivity index (χ4v) is 1.67. The van der Waals surface area contributed by atoms with Crippen LogP contribution in [0.5, 0.6) is 0 Å². The van der Waals surface area contributed by atoms with E-state index in [1.54, 1.807) is 19.1 Å². The third-order valence-electron chi connectivity index (χ3n) is 2.68. The molecule has 2 aromatic rings. The highest BCUT2D eigenvalue weighted by Crippen LogP contribution is 2.18. The van der Waals surface area contributed by atoms with Crippen LogP contribution < -0.4 is 11.1 Å². The van der Waals surface area contributed by atoms with E-state index in [9.17, 15) is 13.6 Å². The van der Waals surface area contributed by atoms with Gasteiger partial charge in [-0.3, -0.25) is 4.79 Å². The van der Waals surface area contributed by atoms with Gasteiger partial charge < -0.3 is 11.1 Å². The van der Waals surface area contributed by atoms with Crippen molar-refractivity contribution in [2.45, 2.75) is 6.92 Å². The molecule has 3 N–H and O–H groups in total. The number of aryl methyl sites for hydroxylation is 1. The molecule has 0 aliphatic carbocycles. The molecule has 0 aromatic heterocycles. The summed E-state index contributed by atoms with van der Waals surface area (Å²) in [6.07, 6.45) is 0. The van der Waals surface area contributed by atoms with Crippen LogP contribution in [-0.2, 0) is 0 Å². The molecular weight excluding hydrogens is 250 g/mol. The predicted molar refractivity (Wildman–Crippen MR) is 69.9 cm³/mol. The first kappa shape index (κ1) is 13.0. The summed E-state index contributed by atoms with van der Waals surface area (Å²) in [6, 6.07) is 7.70. The van der Waals surface area contributed by atoms with Gasteiger partial charge in [0.2, 0.25) is 0 Å². The van der Waals surface area contributed by atoms with Crippen molar-refractivity contribution >= 4 is 17.3 Å². The minimum absolute atomic E-state index is 0.202. The Labute approximate surface area is 109 Å². The molecule has 0 radical (unpaired) electrons. The van der Waals surface area contributed by atoms with Crippen molar-refractivity contribution in [3.05, 3.63) is 59.2 Å². The van der Waals surface area contributed by atoms with Crippen molar-refractivity contribution in [2.24, 2.45) is 0 Å². The summed E-state index contributed by atoms with van der Waals surface area (Å²) in [7, 11) is 0. The van der Waals surface area contributed by atoms with Crippen LogP contribution >= 0.6 is 0 Å². The standard InChI is InChI=1S/C14H12F2N2O/c1-8-2-4-10(17)7-11(8)14(19)18-13-6-9(15)3-5-12(13)16/h2-7H,17H2,1H3,(H,18,19). The van der Waals surface area contributed by atoms with Gasteiger partial charge in [-0.2, -0.15) is 0 Å². The molecule has 19 heavy (non-hydrogen) atoms. The van der Waals surface area contributed by atoms with Crippen molar-refractivity contribution in [3.8, 4) is 0 Å². The van der Waals surface area contributed by atoms with Crippen LogP contribution in [-0.4, -0.2) is 5.91 Å². The van der Waals surface area contributed by atoms with Gasteiger partial charge in [-0.05, 0) is 36.8 Å². The van der Waals surface area contributed by atoms with Gasteiger partial charge in [-0.25, -0.2) is 8.78 Å². The van der Waals surface area contributed by atoms with E-state index < -0.39 is 17.5 Å². The number of nitrogens with two attached hydrogens (primary N) is 1. The summed E-state index contributed by atoms with van der Waals surface area (Å²) in [5.74, 6) is -1.85. The lowest BCUT2D eigenvalue weighted by molar-refractivity contribution is 0.102. The predicted octanol–water partition coefficient (Wildman–Crippen LogP) is 3.11. The minimum Gasteiger partial charge on any atom is -0.399 e. The maximum Gasteiger partial charge on any atom is 0.256 e. The third-order valence-corrected chi connectivity index (χ3v) is 2.68. The molecule has 2 rings (SSSR count). The number of carbonyl (C=O) groups excluding carboxylic acids is 1. The average Bonchev–Trinajstić information content (AvgIpc) is 2.36. The van der Waals surface area contributed by atoms with E-state index in [1.807, 2.05) is 0 Å². The zero-order chi connectivity index (χ0) is 14.0. The van der Waals surface area contributed by atoms with E-state index >= 15 is 0 Å². The molecule has 0 heterocycles. The Morgan fingerprint density at radius 2 is 1.89 bits per heavy atom. The van der Waals surface area contributed by atoms with Crippen LogP contribution in [0, 0.1) is 18.6 Å². The van der Waals surface area contributed by atoms with Gasteiger partial charge in [-0.1, -0.05) is 6.07 Å². The second-order valence-electron chi connectivity index (χ2n) is 4.15. The lowest BCUT2D eigenvalue weighted by atomic mass is 10.1. The highest BCUT2D eigenvalue weighted by Gasteiger charge is 2.12. The Morgan fingerprint density at radius 1 is 1.16 bits per heavy atom. The summed E-state index contributed by atoms with van der Waals surface area (Å²) in [6.45, 7) is 1.73. The molecule has 0 aliphatic heterocycles. The minimum atomic E-state index is -0.698.